The van der Waals surface area contributed by atoms with Crippen LogP contribution in [-0.4, -0.2) is 54.7 Å². The highest BCUT2D eigenvalue weighted by molar-refractivity contribution is 7.54. The minimum absolute atomic E-state index is 0.0181. The predicted octanol–water partition coefficient (Wildman–Crippen LogP) is 2.84. The van der Waals surface area contributed by atoms with Gasteiger partial charge in [0.15, 0.2) is 11.6 Å². The third kappa shape index (κ3) is 5.02. The maximum Gasteiger partial charge on any atom is 0.362 e. The third-order valence-electron chi connectivity index (χ3n) is 3.60. The van der Waals surface area contributed by atoms with Gasteiger partial charge in [0.1, 0.15) is 24.9 Å². The quantitative estimate of drug-likeness (QED) is 0.492. The Kier molecular flexibility index (Phi) is 6.35. The van der Waals surface area contributed by atoms with Gasteiger partial charge in [-0.25, -0.2) is 0 Å². The number of esters is 1. The molecule has 2 aliphatic rings. The summed E-state index contributed by atoms with van der Waals surface area (Å²) in [6, 6.07) is 0. The average Bonchev–Trinajstić information content (AvgIpc) is 2.87. The maximum atomic E-state index is 13.5. The number of ether oxygens (including phenoxy) is 4. The molecular formula is C16H29O8P. The van der Waals surface area contributed by atoms with Gasteiger partial charge in [-0.15, -0.1) is 0 Å². The predicted molar refractivity (Wildman–Crippen MR) is 89.2 cm³/mol. The van der Waals surface area contributed by atoms with Gasteiger partial charge in [-0.2, -0.15) is 0 Å². The molecule has 0 aromatic rings. The highest BCUT2D eigenvalue weighted by Crippen LogP contribution is 2.61. The third-order valence-corrected chi connectivity index (χ3v) is 6.07. The molecule has 25 heavy (non-hydrogen) atoms. The summed E-state index contributed by atoms with van der Waals surface area (Å²) in [5, 5.41) is 0. The Labute approximate surface area is 149 Å². The first kappa shape index (κ1) is 20.8. The molecule has 2 rings (SSSR count). The molecule has 0 aliphatic carbocycles. The fourth-order valence-corrected chi connectivity index (χ4v) is 5.34. The number of hydrogen-bond acceptors (Lipinski definition) is 8. The second-order valence-corrected chi connectivity index (χ2v) is 9.29. The number of fused-ring (bicyclic) bond motifs is 1. The van der Waals surface area contributed by atoms with Crippen LogP contribution in [0, 0.1) is 0 Å². The van der Waals surface area contributed by atoms with Crippen LogP contribution in [0.3, 0.4) is 0 Å². The highest BCUT2D eigenvalue weighted by Gasteiger charge is 2.62. The Morgan fingerprint density at radius 2 is 1.60 bits per heavy atom. The number of rotatable bonds is 7. The smallest absolute Gasteiger partial charge is 0.362 e. The van der Waals surface area contributed by atoms with E-state index in [1.165, 1.54) is 6.92 Å². The van der Waals surface area contributed by atoms with Gasteiger partial charge in [0.25, 0.3) is 0 Å². The fourth-order valence-electron chi connectivity index (χ4n) is 2.98. The van der Waals surface area contributed by atoms with Gasteiger partial charge in [-0.1, -0.05) is 0 Å². The lowest BCUT2D eigenvalue weighted by Crippen LogP contribution is -2.33. The van der Waals surface area contributed by atoms with Crippen LogP contribution in [0.4, 0.5) is 0 Å². The van der Waals surface area contributed by atoms with Crippen LogP contribution in [0.2, 0.25) is 0 Å². The minimum Gasteiger partial charge on any atom is -0.463 e. The zero-order valence-corrected chi connectivity index (χ0v) is 16.8. The summed E-state index contributed by atoms with van der Waals surface area (Å²) in [6.45, 7) is 11.9. The number of hydrogen-bond donors (Lipinski definition) is 0. The van der Waals surface area contributed by atoms with E-state index in [1.807, 2.05) is 0 Å². The van der Waals surface area contributed by atoms with Crippen LogP contribution in [0.1, 0.15) is 48.5 Å². The van der Waals surface area contributed by atoms with Crippen molar-refractivity contribution >= 4 is 13.6 Å². The molecule has 8 nitrogen and oxygen atoms in total. The first-order valence-corrected chi connectivity index (χ1v) is 10.2. The van der Waals surface area contributed by atoms with E-state index >= 15 is 0 Å². The van der Waals surface area contributed by atoms with Crippen molar-refractivity contribution in [2.24, 2.45) is 0 Å². The number of carbonyl (C=O) groups is 1. The van der Waals surface area contributed by atoms with Crippen LogP contribution in [0.25, 0.3) is 0 Å². The molecule has 0 bridgehead atoms. The lowest BCUT2D eigenvalue weighted by atomic mass is 10.1. The molecule has 0 radical (unpaired) electrons. The highest BCUT2D eigenvalue weighted by atomic mass is 31.2. The molecule has 0 saturated carbocycles. The van der Waals surface area contributed by atoms with Crippen molar-refractivity contribution in [1.29, 1.82) is 0 Å². The molecule has 2 heterocycles. The molecule has 2 aliphatic heterocycles. The Bertz CT molecular complexity index is 518. The van der Waals surface area contributed by atoms with Crippen LogP contribution in [-0.2, 0) is 37.4 Å². The van der Waals surface area contributed by atoms with Crippen LogP contribution >= 0.6 is 7.60 Å². The van der Waals surface area contributed by atoms with Gasteiger partial charge in [0.05, 0.1) is 12.2 Å². The van der Waals surface area contributed by atoms with E-state index in [0.29, 0.717) is 0 Å². The van der Waals surface area contributed by atoms with Crippen LogP contribution in [0.5, 0.6) is 0 Å². The summed E-state index contributed by atoms with van der Waals surface area (Å²) in [6.07, 6.45) is -2.43. The van der Waals surface area contributed by atoms with E-state index < -0.39 is 43.5 Å². The van der Waals surface area contributed by atoms with Crippen LogP contribution in [0.15, 0.2) is 0 Å². The topological polar surface area (TPSA) is 89.5 Å². The second-order valence-electron chi connectivity index (χ2n) is 7.28. The summed E-state index contributed by atoms with van der Waals surface area (Å²) < 4.78 is 47.5. The van der Waals surface area contributed by atoms with Crippen molar-refractivity contribution in [3.63, 3.8) is 0 Å². The van der Waals surface area contributed by atoms with Crippen molar-refractivity contribution in [3.8, 4) is 0 Å². The van der Waals surface area contributed by atoms with Crippen molar-refractivity contribution in [1.82, 2.24) is 0 Å². The zero-order chi connectivity index (χ0) is 19.0. The second kappa shape index (κ2) is 7.62. The maximum absolute atomic E-state index is 13.5. The molecule has 2 fully saturated rings. The Morgan fingerprint density at radius 3 is 2.08 bits per heavy atom. The summed E-state index contributed by atoms with van der Waals surface area (Å²) in [5.74, 6) is -2.25. The number of carbonyl (C=O) groups excluding carboxylic acids is 1. The van der Waals surface area contributed by atoms with Gasteiger partial charge in [-0.05, 0) is 41.5 Å². The van der Waals surface area contributed by atoms with E-state index in [-0.39, 0.29) is 18.8 Å². The Hall–Kier alpha value is -0.500. The van der Waals surface area contributed by atoms with Crippen molar-refractivity contribution < 1.29 is 37.4 Å². The van der Waals surface area contributed by atoms with Crippen molar-refractivity contribution in [2.45, 2.75) is 90.6 Å². The normalized spacial score (nSPS) is 31.6. The van der Waals surface area contributed by atoms with Gasteiger partial charge in [0.2, 0.25) is 0 Å². The fraction of sp³-hybridized carbons (Fsp3) is 0.938. The van der Waals surface area contributed by atoms with E-state index in [2.05, 4.69) is 0 Å². The van der Waals surface area contributed by atoms with Crippen molar-refractivity contribution in [3.05, 3.63) is 0 Å². The van der Waals surface area contributed by atoms with Crippen molar-refractivity contribution in [2.75, 3.05) is 6.61 Å². The van der Waals surface area contributed by atoms with E-state index in [9.17, 15) is 9.36 Å². The minimum atomic E-state index is -3.66. The zero-order valence-electron chi connectivity index (χ0n) is 15.9. The molecule has 9 heteroatoms. The monoisotopic (exact) mass is 380 g/mol. The molecule has 0 N–H and O–H groups in total. The Balaban J connectivity index is 2.27. The van der Waals surface area contributed by atoms with E-state index in [1.54, 1.807) is 41.5 Å². The molecular weight excluding hydrogens is 351 g/mol. The standard InChI is InChI=1S/C16H29O8P/c1-9(2)23-25(18,24-10(3)4)15-14-13(21-16(6,7)22-14)12(20-15)8-19-11(5)17/h9-10,12-15H,8H2,1-7H3/t12-,13-,14-,15+/m1/s1. The molecule has 2 saturated heterocycles. The molecule has 0 aromatic carbocycles. The lowest BCUT2D eigenvalue weighted by Gasteiger charge is -2.30. The Morgan fingerprint density at radius 1 is 1.08 bits per heavy atom. The van der Waals surface area contributed by atoms with E-state index in [0.717, 1.165) is 0 Å². The van der Waals surface area contributed by atoms with Gasteiger partial charge in [0, 0.05) is 6.92 Å². The van der Waals surface area contributed by atoms with Gasteiger partial charge in [-0.3, -0.25) is 9.36 Å². The molecule has 0 unspecified atom stereocenters. The SMILES string of the molecule is CC(=O)OC[C@H]1O[C@@H](P(=O)(OC(C)C)OC(C)C)[C@@H]2OC(C)(C)O[C@@H]21. The summed E-state index contributed by atoms with van der Waals surface area (Å²) in [4.78, 5) is 11.1. The van der Waals surface area contributed by atoms with Gasteiger partial charge >= 0.3 is 13.6 Å². The molecule has 0 amide bonds. The first-order valence-electron chi connectivity index (χ1n) is 8.54. The van der Waals surface area contributed by atoms with E-state index in [4.69, 9.17) is 28.0 Å². The largest absolute Gasteiger partial charge is 0.463 e. The summed E-state index contributed by atoms with van der Waals surface area (Å²) in [7, 11) is -3.66. The average molecular weight is 380 g/mol. The molecule has 0 aromatic heterocycles. The summed E-state index contributed by atoms with van der Waals surface area (Å²) in [5.41, 5.74) is 0. The lowest BCUT2D eigenvalue weighted by molar-refractivity contribution is -0.186. The van der Waals surface area contributed by atoms with Gasteiger partial charge < -0.3 is 28.0 Å². The molecule has 0 spiro atoms. The molecule has 4 atom stereocenters. The molecule has 146 valence electrons. The summed E-state index contributed by atoms with van der Waals surface area (Å²) >= 11 is 0. The first-order chi connectivity index (χ1) is 11.4. The van der Waals surface area contributed by atoms with Crippen LogP contribution < -0.4 is 0 Å².